The zero-order chi connectivity index (χ0) is 11.7. The van der Waals surface area contributed by atoms with Gasteiger partial charge in [-0.15, -0.1) is 12.4 Å². The molecule has 1 saturated heterocycles. The monoisotopic (exact) mass is 270 g/mol. The van der Waals surface area contributed by atoms with Gasteiger partial charge in [0.25, 0.3) is 0 Å². The number of nitrogens with zero attached hydrogens (tertiary/aromatic N) is 1. The van der Waals surface area contributed by atoms with Gasteiger partial charge in [0.15, 0.2) is 0 Å². The van der Waals surface area contributed by atoms with Crippen LogP contribution < -0.4 is 5.73 Å². The number of nitrogens with two attached hydrogens (primary N) is 1. The lowest BCUT2D eigenvalue weighted by Gasteiger charge is -2.27. The standard InChI is InChI=1S/C10H22N2O2S.ClH/c1-10(2,3)8-15(13,14)12-6-4-5-9(12)7-11;/h9H,4-8,11H2,1-3H3;1H. The minimum Gasteiger partial charge on any atom is -0.329 e. The Morgan fingerprint density at radius 1 is 1.38 bits per heavy atom. The first-order chi connectivity index (χ1) is 6.76. The van der Waals surface area contributed by atoms with Crippen LogP contribution in [0.25, 0.3) is 0 Å². The first kappa shape index (κ1) is 16.2. The maximum Gasteiger partial charge on any atom is 0.214 e. The van der Waals surface area contributed by atoms with Crippen molar-refractivity contribution in [3.8, 4) is 0 Å². The van der Waals surface area contributed by atoms with Crippen LogP contribution in [0.1, 0.15) is 33.6 Å². The summed E-state index contributed by atoms with van der Waals surface area (Å²) in [6, 6.07) is 0.0253. The van der Waals surface area contributed by atoms with Crippen LogP contribution in [0.5, 0.6) is 0 Å². The Balaban J connectivity index is 0.00000225. The summed E-state index contributed by atoms with van der Waals surface area (Å²) in [5.74, 6) is 0.205. The van der Waals surface area contributed by atoms with Gasteiger partial charge in [0, 0.05) is 19.1 Å². The molecule has 0 aromatic heterocycles. The van der Waals surface area contributed by atoms with E-state index in [4.69, 9.17) is 5.73 Å². The van der Waals surface area contributed by atoms with E-state index in [0.29, 0.717) is 13.1 Å². The Labute approximate surface area is 105 Å². The molecule has 0 aromatic rings. The molecule has 1 atom stereocenters. The molecule has 0 saturated carbocycles. The molecule has 0 spiro atoms. The van der Waals surface area contributed by atoms with Gasteiger partial charge in [-0.2, -0.15) is 4.31 Å². The van der Waals surface area contributed by atoms with E-state index in [9.17, 15) is 8.42 Å². The molecule has 1 rings (SSSR count). The summed E-state index contributed by atoms with van der Waals surface area (Å²) in [6.07, 6.45) is 1.84. The van der Waals surface area contributed by atoms with E-state index in [1.165, 1.54) is 0 Å². The average molecular weight is 271 g/mol. The molecule has 1 aliphatic heterocycles. The van der Waals surface area contributed by atoms with Crippen molar-refractivity contribution in [2.45, 2.75) is 39.7 Å². The molecular weight excluding hydrogens is 248 g/mol. The molecular formula is C10H23ClN2O2S. The smallest absolute Gasteiger partial charge is 0.214 e. The van der Waals surface area contributed by atoms with Crippen molar-refractivity contribution in [2.75, 3.05) is 18.8 Å². The molecule has 0 radical (unpaired) electrons. The van der Waals surface area contributed by atoms with Crippen LogP contribution in [0, 0.1) is 5.41 Å². The number of halogens is 1. The summed E-state index contributed by atoms with van der Waals surface area (Å²) >= 11 is 0. The first-order valence-electron chi connectivity index (χ1n) is 5.46. The third-order valence-electron chi connectivity index (χ3n) is 2.57. The van der Waals surface area contributed by atoms with Gasteiger partial charge in [-0.05, 0) is 18.3 Å². The zero-order valence-electron chi connectivity index (χ0n) is 10.3. The molecule has 1 heterocycles. The number of sulfonamides is 1. The Bertz CT molecular complexity index is 311. The van der Waals surface area contributed by atoms with Crippen molar-refractivity contribution >= 4 is 22.4 Å². The fourth-order valence-electron chi connectivity index (χ4n) is 2.04. The lowest BCUT2D eigenvalue weighted by atomic mass is 10.0. The highest BCUT2D eigenvalue weighted by atomic mass is 35.5. The van der Waals surface area contributed by atoms with Crippen molar-refractivity contribution in [3.63, 3.8) is 0 Å². The summed E-state index contributed by atoms with van der Waals surface area (Å²) in [7, 11) is -3.13. The summed E-state index contributed by atoms with van der Waals surface area (Å²) < 4.78 is 25.8. The molecule has 4 nitrogen and oxygen atoms in total. The Kier molecular flexibility index (Phi) is 5.72. The van der Waals surface area contributed by atoms with Crippen LogP contribution in [0.15, 0.2) is 0 Å². The van der Waals surface area contributed by atoms with Gasteiger partial charge >= 0.3 is 0 Å². The minimum atomic E-state index is -3.13. The van der Waals surface area contributed by atoms with Crippen molar-refractivity contribution < 1.29 is 8.42 Å². The van der Waals surface area contributed by atoms with Gasteiger partial charge in [-0.3, -0.25) is 0 Å². The van der Waals surface area contributed by atoms with E-state index in [-0.39, 0.29) is 29.6 Å². The topological polar surface area (TPSA) is 63.4 Å². The van der Waals surface area contributed by atoms with Gasteiger partial charge < -0.3 is 5.73 Å². The molecule has 6 heteroatoms. The summed E-state index contributed by atoms with van der Waals surface area (Å²) in [6.45, 7) is 6.90. The highest BCUT2D eigenvalue weighted by molar-refractivity contribution is 7.89. The Morgan fingerprint density at radius 3 is 2.38 bits per heavy atom. The van der Waals surface area contributed by atoms with Crippen molar-refractivity contribution in [1.29, 1.82) is 0 Å². The Hall–Kier alpha value is 0.160. The van der Waals surface area contributed by atoms with Crippen LogP contribution in [-0.2, 0) is 10.0 Å². The van der Waals surface area contributed by atoms with E-state index in [1.807, 2.05) is 20.8 Å². The predicted octanol–water partition coefficient (Wildman–Crippen LogP) is 1.21. The maximum atomic E-state index is 12.1. The van der Waals surface area contributed by atoms with Gasteiger partial charge in [0.1, 0.15) is 0 Å². The molecule has 1 fully saturated rings. The molecule has 16 heavy (non-hydrogen) atoms. The number of rotatable bonds is 3. The van der Waals surface area contributed by atoms with Gasteiger partial charge in [0.05, 0.1) is 5.75 Å². The van der Waals surface area contributed by atoms with E-state index in [0.717, 1.165) is 12.8 Å². The zero-order valence-corrected chi connectivity index (χ0v) is 11.9. The van der Waals surface area contributed by atoms with Crippen LogP contribution in [0.2, 0.25) is 0 Å². The van der Waals surface area contributed by atoms with E-state index < -0.39 is 10.0 Å². The van der Waals surface area contributed by atoms with Crippen LogP contribution in [-0.4, -0.2) is 37.6 Å². The van der Waals surface area contributed by atoms with E-state index in [2.05, 4.69) is 0 Å². The highest BCUT2D eigenvalue weighted by Gasteiger charge is 2.35. The molecule has 1 aliphatic rings. The van der Waals surface area contributed by atoms with Crippen LogP contribution >= 0.6 is 12.4 Å². The Morgan fingerprint density at radius 2 is 1.94 bits per heavy atom. The third kappa shape index (κ3) is 4.20. The van der Waals surface area contributed by atoms with Gasteiger partial charge in [-0.25, -0.2) is 8.42 Å². The largest absolute Gasteiger partial charge is 0.329 e. The highest BCUT2D eigenvalue weighted by Crippen LogP contribution is 2.25. The maximum absolute atomic E-state index is 12.1. The first-order valence-corrected chi connectivity index (χ1v) is 7.07. The van der Waals surface area contributed by atoms with E-state index in [1.54, 1.807) is 4.31 Å². The third-order valence-corrected chi connectivity index (χ3v) is 4.99. The molecule has 0 bridgehead atoms. The van der Waals surface area contributed by atoms with Crippen molar-refractivity contribution in [3.05, 3.63) is 0 Å². The summed E-state index contributed by atoms with van der Waals surface area (Å²) in [4.78, 5) is 0. The normalized spacial score (nSPS) is 23.1. The molecule has 0 amide bonds. The summed E-state index contributed by atoms with van der Waals surface area (Å²) in [5, 5.41) is 0. The average Bonchev–Trinajstić information content (AvgIpc) is 2.46. The molecule has 98 valence electrons. The molecule has 0 aromatic carbocycles. The molecule has 1 unspecified atom stereocenters. The van der Waals surface area contributed by atoms with Gasteiger partial charge in [-0.1, -0.05) is 20.8 Å². The minimum absolute atomic E-state index is 0. The van der Waals surface area contributed by atoms with Crippen LogP contribution in [0.4, 0.5) is 0 Å². The van der Waals surface area contributed by atoms with Crippen molar-refractivity contribution in [2.24, 2.45) is 11.1 Å². The van der Waals surface area contributed by atoms with Crippen molar-refractivity contribution in [1.82, 2.24) is 4.31 Å². The van der Waals surface area contributed by atoms with Crippen LogP contribution in [0.3, 0.4) is 0 Å². The van der Waals surface area contributed by atoms with Gasteiger partial charge in [0.2, 0.25) is 10.0 Å². The second kappa shape index (κ2) is 5.67. The second-order valence-corrected chi connectivity index (χ2v) is 7.38. The quantitative estimate of drug-likeness (QED) is 0.838. The second-order valence-electron chi connectivity index (χ2n) is 5.46. The number of hydrogen-bond donors (Lipinski definition) is 1. The summed E-state index contributed by atoms with van der Waals surface area (Å²) in [5.41, 5.74) is 5.38. The lowest BCUT2D eigenvalue weighted by Crippen LogP contribution is -2.43. The molecule has 2 N–H and O–H groups in total. The number of hydrogen-bond acceptors (Lipinski definition) is 3. The lowest BCUT2D eigenvalue weighted by molar-refractivity contribution is 0.375. The fourth-order valence-corrected chi connectivity index (χ4v) is 4.35. The van der Waals surface area contributed by atoms with E-state index >= 15 is 0 Å². The fraction of sp³-hybridized carbons (Fsp3) is 1.00. The predicted molar refractivity (Wildman–Crippen MR) is 69.3 cm³/mol. The SMILES string of the molecule is CC(C)(C)CS(=O)(=O)N1CCCC1CN.Cl. The molecule has 0 aliphatic carbocycles.